The second kappa shape index (κ2) is 59.6. The van der Waals surface area contributed by atoms with Crippen LogP contribution in [0, 0.1) is 29.2 Å². The molecule has 0 unspecified atom stereocenters. The Morgan fingerprint density at radius 2 is 0.964 bits per heavy atom. The van der Waals surface area contributed by atoms with Gasteiger partial charge in [-0.3, -0.25) is 4.79 Å². The molecule has 2 aliphatic heterocycles. The van der Waals surface area contributed by atoms with Crippen LogP contribution in [0.25, 0.3) is 0 Å². The number of likely N-dealkylation sites (tertiary alicyclic amines) is 2. The van der Waals surface area contributed by atoms with Crippen molar-refractivity contribution in [1.82, 2.24) is 9.80 Å². The van der Waals surface area contributed by atoms with Crippen molar-refractivity contribution in [2.24, 2.45) is 5.92 Å². The number of benzene rings is 2. The van der Waals surface area contributed by atoms with Crippen LogP contribution in [-0.4, -0.2) is 70.4 Å². The quantitative estimate of drug-likeness (QED) is 0.0775. The van der Waals surface area contributed by atoms with Gasteiger partial charge in [-0.25, -0.2) is 27.2 Å². The predicted molar refractivity (Wildman–Crippen MR) is 622 cm³/mol. The molecule has 3 N–H and O–H groups in total. The Morgan fingerprint density at radius 3 is 1.30 bits per heavy atom. The zero-order chi connectivity index (χ0) is 62.6. The zero-order valence-corrected chi connectivity index (χ0v) is 112. The number of nitrogen functional groups attached to an aromatic ring is 1. The zero-order valence-electron chi connectivity index (χ0n) is 42.6. The number of nitrogens with two attached hydrogens (primary N) is 1. The summed E-state index contributed by atoms with van der Waals surface area (Å²) in [6.07, 6.45) is 2.28. The minimum Gasteiger partial charge on any atom is -0.399 e. The fraction of sp³-hybridized carbons (Fsp3) is 0.529. The van der Waals surface area contributed by atoms with Crippen LogP contribution in [0.5, 0.6) is 0 Å². The number of anilines is 2. The third kappa shape index (κ3) is 44.8. The smallest absolute Gasteiger partial charge is 0.373 e. The first kappa shape index (κ1) is 111. The number of nitrogens with one attached hydrogen (secondary N) is 1. The van der Waals surface area contributed by atoms with Crippen molar-refractivity contribution in [3.05, 3.63) is 56.5 Å². The molecule has 0 aliphatic carbocycles. The molecule has 3 amide bonds. The summed E-state index contributed by atoms with van der Waals surface area (Å²) in [7, 11) is -5.76. The molecule has 50 heteroatoms. The third-order valence-corrected chi connectivity index (χ3v) is 2070. The number of carbonyl (C=O) groups is 3. The van der Waals surface area contributed by atoms with Gasteiger partial charge in [0.05, 0.1) is 14.9 Å². The minimum atomic E-state index is -1.06. The molecule has 2 aromatic carbocycles. The fourth-order valence-electron chi connectivity index (χ4n) is 5.19. The van der Waals surface area contributed by atoms with Crippen molar-refractivity contribution in [3.8, 4) is 0 Å². The summed E-state index contributed by atoms with van der Waals surface area (Å²) in [5, 5.41) is 2.58. The minimum absolute atomic E-state index is 0. The Hall–Kier alpha value is 18.9. The van der Waals surface area contributed by atoms with Crippen molar-refractivity contribution in [3.63, 3.8) is 0 Å². The van der Waals surface area contributed by atoms with Gasteiger partial charge in [-0.05, 0) is 125 Å². The van der Waals surface area contributed by atoms with Gasteiger partial charge in [0, 0.05) is 42.6 Å². The van der Waals surface area contributed by atoms with E-state index in [0.29, 0.717) is 32.3 Å². The second-order valence-corrected chi connectivity index (χ2v) is 667. The van der Waals surface area contributed by atoms with Crippen LogP contribution in [0.3, 0.4) is 0 Å². The van der Waals surface area contributed by atoms with Gasteiger partial charge < -0.3 is 30.3 Å². The van der Waals surface area contributed by atoms with Crippen LogP contribution in [0.4, 0.5) is 38.5 Å². The standard InChI is InChI=1S/C17H21BrF2N2O3.C10H19NO2.C6H4BrF2N.CO2.I29.4H2S/c1-9-11(5-6-22(9)16(24)25-17(2,3)4)15(23)21-10-7-12(18)14(20)13(19)8-10;1-8-6-5-7-11(8)9(12)13-10(2,3)4;7-4-1-3(10)2-5(8)6(4)9;2-1-3;1-16-18(4)20(6)22(8)24(10)26(12)28(14)29(15)27(13)25(11)23(9)21(7)19(5)17(2)3;;;;/h7-9,11H,5-6H2,1-4H3,(H,21,23);8H,5-7H2,1-4H3;1-2H,10H2;;;4*1H2/q;;;;-1;;;;/t9-,11-;8-;;;;;;;/m00......./s1. The van der Waals surface area contributed by atoms with Crippen LogP contribution in [0.1, 0.15) is 74.7 Å². The molecule has 2 fully saturated rings. The summed E-state index contributed by atoms with van der Waals surface area (Å²) in [6.45, 7) is 16.1. The first-order chi connectivity index (χ1) is 36.6. The first-order valence-electron chi connectivity index (χ1n) is 19.8. The van der Waals surface area contributed by atoms with E-state index < -0.39 is 136 Å². The van der Waals surface area contributed by atoms with E-state index in [2.05, 4.69) is 323 Å². The van der Waals surface area contributed by atoms with Crippen molar-refractivity contribution in [2.45, 2.75) is 97.9 Å². The van der Waals surface area contributed by atoms with Gasteiger partial charge in [-0.2, -0.15) is 63.6 Å². The van der Waals surface area contributed by atoms with E-state index in [-0.39, 0.29) is 112 Å². The molecule has 0 saturated carbocycles. The molecule has 84 heavy (non-hydrogen) atoms. The molecule has 11 nitrogen and oxygen atoms in total. The molecule has 0 bridgehead atoms. The van der Waals surface area contributed by atoms with Crippen LogP contribution >= 0.6 is 468 Å². The summed E-state index contributed by atoms with van der Waals surface area (Å²) in [5.41, 5.74) is 4.55. The summed E-state index contributed by atoms with van der Waals surface area (Å²) in [5.74, 6) is -4.72. The summed E-state index contributed by atoms with van der Waals surface area (Å²) in [6, 6.07) is 4.43. The monoisotopic (exact) mass is 4670 g/mol. The Balaban J connectivity index is -0.000000340. The van der Waals surface area contributed by atoms with Gasteiger partial charge >= 0.3 is 413 Å². The van der Waals surface area contributed by atoms with E-state index in [4.69, 9.17) is 24.8 Å². The van der Waals surface area contributed by atoms with Gasteiger partial charge in [-0.15, -0.1) is 0 Å². The van der Waals surface area contributed by atoms with Gasteiger partial charge in [0.2, 0.25) is 5.91 Å². The first-order valence-corrected chi connectivity index (χ1v) is 197. The molecule has 0 radical (unpaired) electrons. The third-order valence-electron chi connectivity index (χ3n) is 8.18. The number of amides is 3. The Bertz CT molecular complexity index is 2300. The molecule has 2 heterocycles. The molecular formula is C34H52Br2F4I29N4O7S4-. The van der Waals surface area contributed by atoms with E-state index in [1.165, 1.54) is 17.0 Å². The van der Waals surface area contributed by atoms with Gasteiger partial charge in [0.1, 0.15) is 11.2 Å². The number of ether oxygens (including phenoxy) is 2. The Labute approximate surface area is 735 Å². The SMILES string of the molecule is C[C@H]1CCCN1C(=O)OC(C)(C)C.C[C@H]1[C@@H](C(=O)Nc2cc(F)c(F)c(Br)c2)CCN1C(=O)OC(C)(C)C.I[I-]I(I)I(I)I(I)I(I)I(I)I(I)I(I)I(I)I(I)I(I)I(I)I(I)I(I)I.Nc1cc(F)c(F)c(Br)c1.O=C=O.S.S.S.S. The maximum absolute atomic E-state index is 13.4. The van der Waals surface area contributed by atoms with Crippen LogP contribution in [0.15, 0.2) is 33.2 Å². The van der Waals surface area contributed by atoms with E-state index >= 15 is 0 Å². The van der Waals surface area contributed by atoms with E-state index in [1.807, 2.05) is 25.7 Å². The van der Waals surface area contributed by atoms with E-state index in [9.17, 15) is 31.9 Å². The maximum atomic E-state index is 13.4. The number of hydrogen-bond donors (Lipinski definition) is 2. The molecule has 0 aromatic heterocycles. The van der Waals surface area contributed by atoms with E-state index in [1.54, 1.807) is 27.7 Å². The molecule has 0 spiro atoms. The second-order valence-electron chi connectivity index (χ2n) is 15.8. The number of rotatable bonds is 15. The average Bonchev–Trinajstić information content (AvgIpc) is 3.99. The number of carbonyl (C=O) groups excluding carboxylic acids is 5. The van der Waals surface area contributed by atoms with Gasteiger partial charge in [0.25, 0.3) is 0 Å². The molecule has 4 rings (SSSR count). The van der Waals surface area contributed by atoms with Crippen molar-refractivity contribution in [2.75, 3.05) is 24.1 Å². The number of nitrogens with zero attached hydrogens (tertiary/aromatic N) is 2. The largest absolute Gasteiger partial charge is 0.399 e. The number of hydrogen-bond acceptors (Lipinski definition) is 8. The molecule has 3 atom stereocenters. The number of halogens is 35. The van der Waals surface area contributed by atoms with Gasteiger partial charge in [-0.1, -0.05) is 0 Å². The Kier molecular flexibility index (Phi) is 79.1. The van der Waals surface area contributed by atoms with Crippen molar-refractivity contribution >= 4 is 503 Å². The summed E-state index contributed by atoms with van der Waals surface area (Å²) in [4.78, 5) is 55.8. The van der Waals surface area contributed by atoms with Gasteiger partial charge in [0.15, 0.2) is 23.3 Å². The summed E-state index contributed by atoms with van der Waals surface area (Å²) >= 11 is 53.5. The maximum Gasteiger partial charge on any atom is 0.373 e. The molecule has 2 aliphatic rings. The van der Waals surface area contributed by atoms with Crippen LogP contribution < -0.4 is 24.3 Å². The van der Waals surface area contributed by atoms with Crippen molar-refractivity contribution in [1.29, 1.82) is 0 Å². The Morgan fingerprint density at radius 1 is 0.607 bits per heavy atom. The van der Waals surface area contributed by atoms with Crippen LogP contribution in [0.2, 0.25) is 0 Å². The molecular weight excluding hydrogens is 4620 g/mol. The topological polar surface area (TPSA) is 148 Å². The summed E-state index contributed by atoms with van der Waals surface area (Å²) < 4.78 is 62.1. The average molecular weight is 4670 g/mol. The van der Waals surface area contributed by atoms with Crippen molar-refractivity contribution < 1.29 is 64.3 Å². The normalized spacial score (nSPS) is 17.3. The predicted octanol–water partition coefficient (Wildman–Crippen LogP) is 30.7. The molecule has 2 aromatic rings. The molecule has 2 saturated heterocycles. The molecule has 520 valence electrons. The fourth-order valence-corrected chi connectivity index (χ4v) is 4830. The van der Waals surface area contributed by atoms with E-state index in [0.717, 1.165) is 31.5 Å². The van der Waals surface area contributed by atoms with Crippen LogP contribution in [-0.2, 0) is 23.9 Å².